The highest BCUT2D eigenvalue weighted by Gasteiger charge is 2.19. The smallest absolute Gasteiger partial charge is 0.407 e. The summed E-state index contributed by atoms with van der Waals surface area (Å²) in [5.41, 5.74) is 6.20. The van der Waals surface area contributed by atoms with Crippen molar-refractivity contribution < 1.29 is 38.0 Å². The molecule has 1 rings (SSSR count). The second-order valence-electron chi connectivity index (χ2n) is 9.66. The van der Waals surface area contributed by atoms with Crippen LogP contribution >= 0.6 is 15.9 Å². The molecule has 0 fully saturated rings. The monoisotopic (exact) mass is 634 g/mol. The van der Waals surface area contributed by atoms with Gasteiger partial charge in [0, 0.05) is 18.4 Å². The first-order chi connectivity index (χ1) is 19.3. The molecule has 1 aromatic rings. The largest absolute Gasteiger partial charge is 0.444 e. The Labute approximate surface area is 249 Å². The first kappa shape index (κ1) is 38.4. The van der Waals surface area contributed by atoms with Crippen LogP contribution in [0.4, 0.5) is 4.79 Å². The predicted molar refractivity (Wildman–Crippen MR) is 160 cm³/mol. The van der Waals surface area contributed by atoms with E-state index in [1.165, 1.54) is 12.6 Å². The van der Waals surface area contributed by atoms with Crippen LogP contribution in [-0.2, 0) is 46.2 Å². The number of nitrogens with one attached hydrogen (secondary N) is 1. The number of amides is 1. The zero-order valence-electron chi connectivity index (χ0n) is 24.8. The van der Waals surface area contributed by atoms with Gasteiger partial charge in [-0.3, -0.25) is 0 Å². The fraction of sp³-hybridized carbons (Fsp3) is 0.724. The van der Waals surface area contributed by atoms with E-state index in [9.17, 15) is 9.59 Å². The van der Waals surface area contributed by atoms with Crippen molar-refractivity contribution >= 4 is 28.3 Å². The van der Waals surface area contributed by atoms with Crippen LogP contribution in [0.15, 0.2) is 24.3 Å². The Morgan fingerprint density at radius 2 is 1.40 bits per heavy atom. The van der Waals surface area contributed by atoms with Gasteiger partial charge in [0.25, 0.3) is 0 Å². The van der Waals surface area contributed by atoms with E-state index in [2.05, 4.69) is 39.1 Å². The Balaban J connectivity index is 0.00000742. The zero-order chi connectivity index (χ0) is 29.9. The molecule has 1 unspecified atom stereocenters. The minimum absolute atomic E-state index is 0.290. The van der Waals surface area contributed by atoms with Crippen LogP contribution in [0.1, 0.15) is 51.2 Å². The van der Waals surface area contributed by atoms with Crippen LogP contribution in [0.3, 0.4) is 0 Å². The summed E-state index contributed by atoms with van der Waals surface area (Å²) in [6.45, 7) is 10.9. The number of hydrogen-bond donors (Lipinski definition) is 2. The first-order valence-electron chi connectivity index (χ1n) is 13.9. The third kappa shape index (κ3) is 24.2. The highest BCUT2D eigenvalue weighted by Crippen LogP contribution is 2.10. The van der Waals surface area contributed by atoms with Crippen LogP contribution in [0.2, 0.25) is 0 Å². The molecule has 0 aliphatic rings. The van der Waals surface area contributed by atoms with Crippen molar-refractivity contribution in [2.75, 3.05) is 71.8 Å². The standard InChI is InChI=1S/C28H46BrNO8.CH5N/c1-28(2,3)38-27(32)30-26(7-4-13-31)23-37-22-25-10-8-24(9-11-25)6-5-14-33-16-18-35-20-21-36-19-17-34-15-12-29;1-2/h8-11,13,26H,4-7,12,14-23H2,1-3H3,(H,30,32);2H2,1H3. The lowest BCUT2D eigenvalue weighted by molar-refractivity contribution is -0.108. The molecular weight excluding hydrogens is 584 g/mol. The molecule has 0 spiro atoms. The lowest BCUT2D eigenvalue weighted by Gasteiger charge is -2.23. The van der Waals surface area contributed by atoms with Crippen LogP contribution < -0.4 is 11.1 Å². The third-order valence-electron chi connectivity index (χ3n) is 5.06. The van der Waals surface area contributed by atoms with E-state index in [0.717, 1.165) is 30.0 Å². The van der Waals surface area contributed by atoms with E-state index < -0.39 is 11.7 Å². The normalized spacial score (nSPS) is 11.8. The van der Waals surface area contributed by atoms with Crippen molar-refractivity contribution in [1.29, 1.82) is 0 Å². The minimum Gasteiger partial charge on any atom is -0.444 e. The van der Waals surface area contributed by atoms with Crippen molar-refractivity contribution in [2.45, 2.75) is 64.7 Å². The van der Waals surface area contributed by atoms with E-state index in [1.807, 2.05) is 12.1 Å². The van der Waals surface area contributed by atoms with Gasteiger partial charge in [0.05, 0.1) is 65.5 Å². The number of aryl methyl sites for hydroxylation is 1. The second-order valence-corrected chi connectivity index (χ2v) is 10.5. The Morgan fingerprint density at radius 1 is 0.875 bits per heavy atom. The summed E-state index contributed by atoms with van der Waals surface area (Å²) in [5.74, 6) is 0. The first-order valence-corrected chi connectivity index (χ1v) is 15.0. The molecule has 0 bridgehead atoms. The fourth-order valence-electron chi connectivity index (χ4n) is 3.26. The number of nitrogens with two attached hydrogens (primary N) is 1. The van der Waals surface area contributed by atoms with Gasteiger partial charge in [-0.2, -0.15) is 0 Å². The maximum absolute atomic E-state index is 12.0. The second kappa shape index (κ2) is 26.3. The minimum atomic E-state index is -0.583. The Morgan fingerprint density at radius 3 is 1.93 bits per heavy atom. The average molecular weight is 636 g/mol. The number of carbonyl (C=O) groups is 2. The van der Waals surface area contributed by atoms with Crippen molar-refractivity contribution in [3.05, 3.63) is 35.4 Å². The van der Waals surface area contributed by atoms with Crippen molar-refractivity contribution in [3.8, 4) is 0 Å². The van der Waals surface area contributed by atoms with Gasteiger partial charge in [-0.25, -0.2) is 4.79 Å². The van der Waals surface area contributed by atoms with Gasteiger partial charge in [0.2, 0.25) is 0 Å². The van der Waals surface area contributed by atoms with Crippen LogP contribution in [-0.4, -0.2) is 95.9 Å². The van der Waals surface area contributed by atoms with E-state index in [1.54, 1.807) is 20.8 Å². The molecule has 0 aliphatic carbocycles. The van der Waals surface area contributed by atoms with Gasteiger partial charge in [0.1, 0.15) is 11.9 Å². The molecule has 11 heteroatoms. The van der Waals surface area contributed by atoms with Crippen LogP contribution in [0.5, 0.6) is 0 Å². The summed E-state index contributed by atoms with van der Waals surface area (Å²) in [6, 6.07) is 7.98. The summed E-state index contributed by atoms with van der Waals surface area (Å²) in [6.07, 6.45) is 3.04. The molecule has 1 amide bonds. The summed E-state index contributed by atoms with van der Waals surface area (Å²) < 4.78 is 32.9. The molecule has 0 saturated carbocycles. The molecular formula is C29H51BrN2O8. The highest BCUT2D eigenvalue weighted by atomic mass is 79.9. The molecule has 3 N–H and O–H groups in total. The summed E-state index contributed by atoms with van der Waals surface area (Å²) in [7, 11) is 1.50. The quantitative estimate of drug-likeness (QED) is 0.104. The van der Waals surface area contributed by atoms with Crippen molar-refractivity contribution in [1.82, 2.24) is 5.32 Å². The van der Waals surface area contributed by atoms with E-state index in [0.29, 0.717) is 78.9 Å². The number of benzene rings is 1. The highest BCUT2D eigenvalue weighted by molar-refractivity contribution is 9.09. The van der Waals surface area contributed by atoms with E-state index >= 15 is 0 Å². The number of hydrogen-bond acceptors (Lipinski definition) is 9. The summed E-state index contributed by atoms with van der Waals surface area (Å²) in [4.78, 5) is 22.8. The molecule has 0 aliphatic heterocycles. The van der Waals surface area contributed by atoms with Crippen LogP contribution in [0.25, 0.3) is 0 Å². The number of alkyl carbamates (subject to hydrolysis) is 1. The van der Waals surface area contributed by atoms with Gasteiger partial charge in [0.15, 0.2) is 0 Å². The Bertz CT molecular complexity index is 732. The number of alkyl halides is 1. The maximum atomic E-state index is 12.0. The topological polar surface area (TPSA) is 128 Å². The molecule has 10 nitrogen and oxygen atoms in total. The molecule has 0 radical (unpaired) electrons. The van der Waals surface area contributed by atoms with Gasteiger partial charge in [-0.15, -0.1) is 0 Å². The molecule has 40 heavy (non-hydrogen) atoms. The fourth-order valence-corrected chi connectivity index (χ4v) is 3.49. The van der Waals surface area contributed by atoms with Gasteiger partial charge >= 0.3 is 6.09 Å². The average Bonchev–Trinajstić information content (AvgIpc) is 2.92. The molecule has 1 atom stereocenters. The lowest BCUT2D eigenvalue weighted by atomic mass is 10.1. The van der Waals surface area contributed by atoms with Gasteiger partial charge in [-0.1, -0.05) is 40.2 Å². The molecule has 1 aromatic carbocycles. The van der Waals surface area contributed by atoms with E-state index in [-0.39, 0.29) is 6.04 Å². The number of rotatable bonds is 23. The van der Waals surface area contributed by atoms with Crippen LogP contribution in [0, 0.1) is 0 Å². The van der Waals surface area contributed by atoms with Gasteiger partial charge < -0.3 is 44.3 Å². The number of carbonyl (C=O) groups excluding carboxylic acids is 2. The number of ether oxygens (including phenoxy) is 6. The Kier molecular flexibility index (Phi) is 25.3. The van der Waals surface area contributed by atoms with Crippen molar-refractivity contribution in [3.63, 3.8) is 0 Å². The maximum Gasteiger partial charge on any atom is 0.407 e. The number of aldehydes is 1. The lowest BCUT2D eigenvalue weighted by Crippen LogP contribution is -2.41. The summed E-state index contributed by atoms with van der Waals surface area (Å²) >= 11 is 3.30. The van der Waals surface area contributed by atoms with Crippen molar-refractivity contribution in [2.24, 2.45) is 5.73 Å². The Hall–Kier alpha value is -1.60. The SMILES string of the molecule is CC(C)(C)OC(=O)NC(CCC=O)COCc1ccc(CCCOCCOCCOCCOCCBr)cc1.CN. The molecule has 0 aromatic heterocycles. The van der Waals surface area contributed by atoms with Gasteiger partial charge in [-0.05, 0) is 58.2 Å². The molecule has 0 saturated heterocycles. The number of halogens is 1. The zero-order valence-corrected chi connectivity index (χ0v) is 26.4. The molecule has 0 heterocycles. The predicted octanol–water partition coefficient (Wildman–Crippen LogP) is 4.04. The third-order valence-corrected chi connectivity index (χ3v) is 5.38. The molecule has 232 valence electrons. The summed E-state index contributed by atoms with van der Waals surface area (Å²) in [5, 5.41) is 3.62. The van der Waals surface area contributed by atoms with E-state index in [4.69, 9.17) is 28.4 Å².